The third-order valence-electron chi connectivity index (χ3n) is 3.91. The van der Waals surface area contributed by atoms with E-state index in [2.05, 4.69) is 71.6 Å². The van der Waals surface area contributed by atoms with Crippen LogP contribution in [-0.4, -0.2) is 16.5 Å². The Morgan fingerprint density at radius 1 is 1.09 bits per heavy atom. The van der Waals surface area contributed by atoms with Gasteiger partial charge in [0.2, 0.25) is 0 Å². The number of H-pyrrole nitrogens is 1. The highest BCUT2D eigenvalue weighted by Gasteiger charge is 2.03. The van der Waals surface area contributed by atoms with E-state index in [1.165, 1.54) is 23.1 Å². The van der Waals surface area contributed by atoms with E-state index >= 15 is 0 Å². The maximum absolute atomic E-state index is 4.34. The molecule has 0 unspecified atom stereocenters. The van der Waals surface area contributed by atoms with Crippen LogP contribution >= 0.6 is 0 Å². The average molecular weight is 293 g/mol. The fraction of sp³-hybridized carbons (Fsp3) is 0.316. The highest BCUT2D eigenvalue weighted by molar-refractivity contribution is 5.81. The summed E-state index contributed by atoms with van der Waals surface area (Å²) in [5.74, 6) is 0.749. The largest absolute Gasteiger partial charge is 0.345 e. The van der Waals surface area contributed by atoms with Crippen LogP contribution in [-0.2, 0) is 6.54 Å². The molecule has 1 heterocycles. The van der Waals surface area contributed by atoms with Gasteiger partial charge >= 0.3 is 0 Å². The summed E-state index contributed by atoms with van der Waals surface area (Å²) in [6.45, 7) is 6.51. The van der Waals surface area contributed by atoms with E-state index in [0.29, 0.717) is 0 Å². The van der Waals surface area contributed by atoms with Crippen LogP contribution in [0.5, 0.6) is 0 Å². The molecule has 0 spiro atoms. The van der Waals surface area contributed by atoms with E-state index in [-0.39, 0.29) is 0 Å². The molecule has 0 bridgehead atoms. The van der Waals surface area contributed by atoms with Gasteiger partial charge < -0.3 is 10.3 Å². The van der Waals surface area contributed by atoms with Gasteiger partial charge in [0, 0.05) is 6.54 Å². The van der Waals surface area contributed by atoms with Crippen molar-refractivity contribution in [3.8, 4) is 11.1 Å². The molecule has 0 radical (unpaired) electrons. The summed E-state index contributed by atoms with van der Waals surface area (Å²) in [6.07, 6.45) is 2.96. The van der Waals surface area contributed by atoms with E-state index in [1.807, 2.05) is 0 Å². The molecule has 22 heavy (non-hydrogen) atoms. The smallest absolute Gasteiger partial charge is 0.0931 e. The zero-order valence-corrected chi connectivity index (χ0v) is 13.3. The van der Waals surface area contributed by atoms with Crippen LogP contribution in [0.25, 0.3) is 22.2 Å². The third-order valence-corrected chi connectivity index (χ3v) is 3.91. The quantitative estimate of drug-likeness (QED) is 0.663. The number of rotatable bonds is 6. The van der Waals surface area contributed by atoms with Gasteiger partial charge in [-0.1, -0.05) is 38.1 Å². The molecule has 3 rings (SSSR count). The molecule has 0 atom stereocenters. The summed E-state index contributed by atoms with van der Waals surface area (Å²) in [4.78, 5) is 7.47. The minimum atomic E-state index is 0.749. The fourth-order valence-corrected chi connectivity index (χ4v) is 2.60. The third kappa shape index (κ3) is 3.55. The van der Waals surface area contributed by atoms with Crippen molar-refractivity contribution >= 4 is 11.0 Å². The molecule has 0 fully saturated rings. The van der Waals surface area contributed by atoms with Gasteiger partial charge in [-0.25, -0.2) is 4.98 Å². The molecule has 3 aromatic rings. The molecule has 3 nitrogen and oxygen atoms in total. The number of imidazole rings is 1. The van der Waals surface area contributed by atoms with Crippen molar-refractivity contribution < 1.29 is 0 Å². The lowest BCUT2D eigenvalue weighted by atomic mass is 10.0. The Hall–Kier alpha value is -2.13. The number of aromatic amines is 1. The number of benzene rings is 2. The van der Waals surface area contributed by atoms with Crippen molar-refractivity contribution in [3.63, 3.8) is 0 Å². The lowest BCUT2D eigenvalue weighted by Gasteiger charge is -2.09. The monoisotopic (exact) mass is 293 g/mol. The van der Waals surface area contributed by atoms with E-state index in [9.17, 15) is 0 Å². The molecule has 0 saturated heterocycles. The molecule has 114 valence electrons. The molecule has 0 aliphatic heterocycles. The second-order valence-corrected chi connectivity index (χ2v) is 6.19. The number of hydrogen-bond donors (Lipinski definition) is 2. The van der Waals surface area contributed by atoms with E-state index < -0.39 is 0 Å². The Morgan fingerprint density at radius 2 is 1.95 bits per heavy atom. The van der Waals surface area contributed by atoms with Gasteiger partial charge in [0.05, 0.1) is 17.4 Å². The highest BCUT2D eigenvalue weighted by Crippen LogP contribution is 2.23. The van der Waals surface area contributed by atoms with Gasteiger partial charge in [-0.15, -0.1) is 0 Å². The Balaban J connectivity index is 1.72. The second-order valence-electron chi connectivity index (χ2n) is 6.19. The minimum absolute atomic E-state index is 0.749. The summed E-state index contributed by atoms with van der Waals surface area (Å²) in [5.41, 5.74) is 5.87. The highest BCUT2D eigenvalue weighted by atomic mass is 14.9. The molecule has 1 aromatic heterocycles. The fourth-order valence-electron chi connectivity index (χ4n) is 2.60. The maximum Gasteiger partial charge on any atom is 0.0931 e. The second kappa shape index (κ2) is 6.75. The van der Waals surface area contributed by atoms with E-state index in [0.717, 1.165) is 30.0 Å². The average Bonchev–Trinajstić information content (AvgIpc) is 2.99. The van der Waals surface area contributed by atoms with Crippen LogP contribution in [0, 0.1) is 5.92 Å². The van der Waals surface area contributed by atoms with Gasteiger partial charge in [-0.3, -0.25) is 0 Å². The summed E-state index contributed by atoms with van der Waals surface area (Å²) < 4.78 is 0. The standard InChI is InChI=1S/C19H23N3/c1-14(2)8-9-20-12-15-4-3-5-16(10-15)17-6-7-18-19(11-17)22-13-21-18/h3-7,10-11,13-14,20H,8-9,12H2,1-2H3,(H,21,22). The van der Waals surface area contributed by atoms with Crippen LogP contribution < -0.4 is 5.32 Å². The van der Waals surface area contributed by atoms with Gasteiger partial charge in [-0.2, -0.15) is 0 Å². The Morgan fingerprint density at radius 3 is 2.82 bits per heavy atom. The number of aromatic nitrogens is 2. The molecule has 3 heteroatoms. The minimum Gasteiger partial charge on any atom is -0.345 e. The molecular formula is C19H23N3. The topological polar surface area (TPSA) is 40.7 Å². The van der Waals surface area contributed by atoms with Crippen molar-refractivity contribution in [3.05, 3.63) is 54.4 Å². The molecule has 2 aromatic carbocycles. The molecule has 0 amide bonds. The lowest BCUT2D eigenvalue weighted by molar-refractivity contribution is 0.537. The van der Waals surface area contributed by atoms with Crippen LogP contribution in [0.3, 0.4) is 0 Å². The van der Waals surface area contributed by atoms with Gasteiger partial charge in [-0.05, 0) is 53.8 Å². The maximum atomic E-state index is 4.34. The van der Waals surface area contributed by atoms with Crippen molar-refractivity contribution in [1.29, 1.82) is 0 Å². The van der Waals surface area contributed by atoms with Crippen molar-refractivity contribution in [2.75, 3.05) is 6.54 Å². The van der Waals surface area contributed by atoms with Crippen molar-refractivity contribution in [2.45, 2.75) is 26.8 Å². The van der Waals surface area contributed by atoms with Crippen LogP contribution in [0.4, 0.5) is 0 Å². The zero-order chi connectivity index (χ0) is 15.4. The Kier molecular flexibility index (Phi) is 4.54. The first-order valence-electron chi connectivity index (χ1n) is 7.95. The summed E-state index contributed by atoms with van der Waals surface area (Å²) in [5, 5.41) is 3.52. The van der Waals surface area contributed by atoms with Crippen LogP contribution in [0.15, 0.2) is 48.8 Å². The van der Waals surface area contributed by atoms with E-state index in [1.54, 1.807) is 6.33 Å². The summed E-state index contributed by atoms with van der Waals surface area (Å²) in [6, 6.07) is 15.1. The first kappa shape index (κ1) is 14.8. The zero-order valence-electron chi connectivity index (χ0n) is 13.3. The Labute approximate surface area is 131 Å². The van der Waals surface area contributed by atoms with Crippen molar-refractivity contribution in [1.82, 2.24) is 15.3 Å². The van der Waals surface area contributed by atoms with Crippen molar-refractivity contribution in [2.24, 2.45) is 5.92 Å². The number of fused-ring (bicyclic) bond motifs is 1. The van der Waals surface area contributed by atoms with E-state index in [4.69, 9.17) is 0 Å². The predicted molar refractivity (Wildman–Crippen MR) is 92.7 cm³/mol. The summed E-state index contributed by atoms with van der Waals surface area (Å²) in [7, 11) is 0. The SMILES string of the molecule is CC(C)CCNCc1cccc(-c2ccc3[nH]cnc3c2)c1. The molecule has 0 aliphatic rings. The molecule has 0 aliphatic carbocycles. The lowest BCUT2D eigenvalue weighted by Crippen LogP contribution is -2.16. The first-order chi connectivity index (χ1) is 10.7. The number of nitrogens with zero attached hydrogens (tertiary/aromatic N) is 1. The Bertz CT molecular complexity index is 743. The molecule has 2 N–H and O–H groups in total. The normalized spacial score (nSPS) is 11.4. The number of nitrogens with one attached hydrogen (secondary N) is 2. The summed E-state index contributed by atoms with van der Waals surface area (Å²) >= 11 is 0. The predicted octanol–water partition coefficient (Wildman–Crippen LogP) is 4.37. The van der Waals surface area contributed by atoms with Gasteiger partial charge in [0.15, 0.2) is 0 Å². The number of hydrogen-bond acceptors (Lipinski definition) is 2. The van der Waals surface area contributed by atoms with Gasteiger partial charge in [0.1, 0.15) is 0 Å². The van der Waals surface area contributed by atoms with Gasteiger partial charge in [0.25, 0.3) is 0 Å². The molecular weight excluding hydrogens is 270 g/mol. The van der Waals surface area contributed by atoms with Crippen LogP contribution in [0.1, 0.15) is 25.8 Å². The first-order valence-corrected chi connectivity index (χ1v) is 7.95. The van der Waals surface area contributed by atoms with Crippen LogP contribution in [0.2, 0.25) is 0 Å². The molecule has 0 saturated carbocycles.